The summed E-state index contributed by atoms with van der Waals surface area (Å²) in [5, 5.41) is 28.9. The summed E-state index contributed by atoms with van der Waals surface area (Å²) in [7, 11) is 0. The molecule has 1 aromatic heterocycles. The average molecular weight is 381 g/mol. The topological polar surface area (TPSA) is 111 Å². The molecule has 1 aromatic carbocycles. The van der Waals surface area contributed by atoms with Crippen molar-refractivity contribution >= 4 is 5.78 Å². The van der Waals surface area contributed by atoms with Gasteiger partial charge in [-0.1, -0.05) is 49.4 Å². The Hall–Kier alpha value is -3.38. The zero-order valence-corrected chi connectivity index (χ0v) is 15.5. The molecule has 2 rings (SSSR count). The van der Waals surface area contributed by atoms with Gasteiger partial charge in [-0.25, -0.2) is 0 Å². The SMILES string of the molecule is CC[C@H](/C=C/C=C/C=C/C(=O)c1c(O)c(-c2ccc(O)cc2)c[nH]c1=O)CO. The van der Waals surface area contributed by atoms with Crippen LogP contribution in [0.5, 0.6) is 11.5 Å². The maximum atomic E-state index is 12.4. The number of rotatable bonds is 8. The minimum atomic E-state index is -0.688. The lowest BCUT2D eigenvalue weighted by Crippen LogP contribution is -2.16. The highest BCUT2D eigenvalue weighted by molar-refractivity contribution is 6.07. The van der Waals surface area contributed by atoms with Crippen LogP contribution in [0, 0.1) is 5.92 Å². The highest BCUT2D eigenvalue weighted by Gasteiger charge is 2.18. The van der Waals surface area contributed by atoms with Crippen LogP contribution < -0.4 is 5.56 Å². The van der Waals surface area contributed by atoms with Gasteiger partial charge in [0, 0.05) is 18.4 Å². The van der Waals surface area contributed by atoms with Gasteiger partial charge in [0.25, 0.3) is 5.56 Å². The van der Waals surface area contributed by atoms with Gasteiger partial charge in [-0.05, 0) is 36.1 Å². The second-order valence-corrected chi connectivity index (χ2v) is 6.15. The van der Waals surface area contributed by atoms with Crippen molar-refractivity contribution in [2.75, 3.05) is 6.61 Å². The number of pyridine rings is 1. The molecule has 28 heavy (non-hydrogen) atoms. The molecule has 0 unspecified atom stereocenters. The van der Waals surface area contributed by atoms with Crippen LogP contribution in [-0.2, 0) is 0 Å². The van der Waals surface area contributed by atoms with E-state index in [2.05, 4.69) is 4.98 Å². The van der Waals surface area contributed by atoms with Crippen LogP contribution in [0.1, 0.15) is 23.7 Å². The quantitative estimate of drug-likeness (QED) is 0.318. The molecular formula is C22H23NO5. The maximum Gasteiger partial charge on any atom is 0.263 e. The number of aliphatic hydroxyl groups excluding tert-OH is 1. The molecule has 1 atom stereocenters. The number of nitrogens with one attached hydrogen (secondary N) is 1. The number of carbonyl (C=O) groups is 1. The van der Waals surface area contributed by atoms with Gasteiger partial charge in [-0.15, -0.1) is 0 Å². The van der Waals surface area contributed by atoms with E-state index >= 15 is 0 Å². The van der Waals surface area contributed by atoms with E-state index in [9.17, 15) is 19.8 Å². The molecule has 0 radical (unpaired) electrons. The van der Waals surface area contributed by atoms with E-state index in [0.29, 0.717) is 5.56 Å². The Kier molecular flexibility index (Phi) is 7.54. The second kappa shape index (κ2) is 10.1. The molecule has 0 amide bonds. The highest BCUT2D eigenvalue weighted by Crippen LogP contribution is 2.31. The Bertz CT molecular complexity index is 948. The number of aromatic nitrogens is 1. The number of carbonyl (C=O) groups excluding carboxylic acids is 1. The third-order valence-electron chi connectivity index (χ3n) is 4.21. The first-order valence-electron chi connectivity index (χ1n) is 8.88. The van der Waals surface area contributed by atoms with Gasteiger partial charge in [0.2, 0.25) is 0 Å². The smallest absolute Gasteiger partial charge is 0.263 e. The number of benzene rings is 1. The minimum absolute atomic E-state index is 0.0666. The van der Waals surface area contributed by atoms with E-state index in [-0.39, 0.29) is 29.4 Å². The molecule has 0 aliphatic carbocycles. The highest BCUT2D eigenvalue weighted by atomic mass is 16.3. The summed E-state index contributed by atoms with van der Waals surface area (Å²) in [6.45, 7) is 2.05. The summed E-state index contributed by atoms with van der Waals surface area (Å²) in [5.41, 5.74) is -0.210. The molecule has 0 aliphatic rings. The van der Waals surface area contributed by atoms with Crippen molar-refractivity contribution in [1.29, 1.82) is 0 Å². The van der Waals surface area contributed by atoms with Crippen molar-refractivity contribution in [1.82, 2.24) is 4.98 Å². The van der Waals surface area contributed by atoms with Crippen LogP contribution in [0.2, 0.25) is 0 Å². The number of ketones is 1. The van der Waals surface area contributed by atoms with Gasteiger partial charge in [0.1, 0.15) is 17.1 Å². The van der Waals surface area contributed by atoms with E-state index in [1.165, 1.54) is 30.5 Å². The second-order valence-electron chi connectivity index (χ2n) is 6.15. The Balaban J connectivity index is 2.20. The summed E-state index contributed by atoms with van der Waals surface area (Å²) < 4.78 is 0. The number of hydrogen-bond donors (Lipinski definition) is 4. The molecular weight excluding hydrogens is 358 g/mol. The summed E-state index contributed by atoms with van der Waals surface area (Å²) in [6, 6.07) is 6.02. The summed E-state index contributed by atoms with van der Waals surface area (Å²) in [4.78, 5) is 26.9. The molecule has 0 saturated heterocycles. The largest absolute Gasteiger partial charge is 0.508 e. The van der Waals surface area contributed by atoms with E-state index in [4.69, 9.17) is 5.11 Å². The Labute approximate surface area is 162 Å². The Morgan fingerprint density at radius 1 is 1.11 bits per heavy atom. The molecule has 1 heterocycles. The van der Waals surface area contributed by atoms with Crippen molar-refractivity contribution in [3.05, 3.63) is 82.8 Å². The molecule has 0 aliphatic heterocycles. The molecule has 6 nitrogen and oxygen atoms in total. The van der Waals surface area contributed by atoms with Gasteiger partial charge in [0.15, 0.2) is 5.78 Å². The van der Waals surface area contributed by atoms with Crippen LogP contribution in [-0.4, -0.2) is 32.7 Å². The van der Waals surface area contributed by atoms with Crippen LogP contribution in [0.25, 0.3) is 11.1 Å². The van der Waals surface area contributed by atoms with Crippen LogP contribution >= 0.6 is 0 Å². The van der Waals surface area contributed by atoms with E-state index in [1.807, 2.05) is 13.0 Å². The van der Waals surface area contributed by atoms with Gasteiger partial charge in [-0.2, -0.15) is 0 Å². The predicted molar refractivity (Wildman–Crippen MR) is 108 cm³/mol. The zero-order chi connectivity index (χ0) is 20.5. The number of aromatic hydroxyl groups is 2. The molecule has 146 valence electrons. The predicted octanol–water partition coefficient (Wildman–Crippen LogP) is 3.32. The number of aromatic amines is 1. The number of H-pyrrole nitrogens is 1. The van der Waals surface area contributed by atoms with E-state index < -0.39 is 17.1 Å². The number of hydrogen-bond acceptors (Lipinski definition) is 5. The molecule has 2 aromatic rings. The van der Waals surface area contributed by atoms with Crippen molar-refractivity contribution in [3.63, 3.8) is 0 Å². The fourth-order valence-corrected chi connectivity index (χ4v) is 2.51. The summed E-state index contributed by atoms with van der Waals surface area (Å²) in [5.74, 6) is -0.887. The molecule has 0 bridgehead atoms. The lowest BCUT2D eigenvalue weighted by Gasteiger charge is -2.07. The first-order valence-corrected chi connectivity index (χ1v) is 8.88. The minimum Gasteiger partial charge on any atom is -0.508 e. The van der Waals surface area contributed by atoms with Crippen molar-refractivity contribution < 1.29 is 20.1 Å². The maximum absolute atomic E-state index is 12.4. The third-order valence-corrected chi connectivity index (χ3v) is 4.21. The molecule has 0 spiro atoms. The van der Waals surface area contributed by atoms with Crippen LogP contribution in [0.3, 0.4) is 0 Å². The Morgan fingerprint density at radius 3 is 2.43 bits per heavy atom. The monoisotopic (exact) mass is 381 g/mol. The van der Waals surface area contributed by atoms with Gasteiger partial charge in [-0.3, -0.25) is 9.59 Å². The van der Waals surface area contributed by atoms with Crippen molar-refractivity contribution in [2.24, 2.45) is 5.92 Å². The van der Waals surface area contributed by atoms with Gasteiger partial charge in [0.05, 0.1) is 0 Å². The zero-order valence-electron chi connectivity index (χ0n) is 15.5. The summed E-state index contributed by atoms with van der Waals surface area (Å²) in [6.07, 6.45) is 11.8. The number of phenols is 1. The molecule has 6 heteroatoms. The van der Waals surface area contributed by atoms with Gasteiger partial charge < -0.3 is 20.3 Å². The summed E-state index contributed by atoms with van der Waals surface area (Å²) >= 11 is 0. The average Bonchev–Trinajstić information content (AvgIpc) is 2.68. The fraction of sp³-hybridized carbons (Fsp3) is 0.182. The number of aliphatic hydroxyl groups is 1. The third kappa shape index (κ3) is 5.31. The van der Waals surface area contributed by atoms with Gasteiger partial charge >= 0.3 is 0 Å². The lowest BCUT2D eigenvalue weighted by atomic mass is 10.0. The van der Waals surface area contributed by atoms with Crippen molar-refractivity contribution in [2.45, 2.75) is 13.3 Å². The lowest BCUT2D eigenvalue weighted by molar-refractivity contribution is 0.104. The van der Waals surface area contributed by atoms with E-state index in [0.717, 1.165) is 6.42 Å². The van der Waals surface area contributed by atoms with Crippen molar-refractivity contribution in [3.8, 4) is 22.6 Å². The molecule has 0 fully saturated rings. The van der Waals surface area contributed by atoms with Crippen LogP contribution in [0.4, 0.5) is 0 Å². The standard InChI is InChI=1S/C22H23NO5/c1-2-15(14-24)7-5-3-4-6-8-19(26)20-21(27)18(13-23-22(20)28)16-9-11-17(25)12-10-16/h3-13,15,24-25H,2,14H2,1H3,(H2,23,27,28)/b4-3+,7-5+,8-6+/t15-/m1/s1. The normalized spacial score (nSPS) is 12.9. The van der Waals surface area contributed by atoms with E-state index in [1.54, 1.807) is 30.4 Å². The Morgan fingerprint density at radius 2 is 1.79 bits per heavy atom. The fourth-order valence-electron chi connectivity index (χ4n) is 2.51. The first-order chi connectivity index (χ1) is 13.5. The number of allylic oxidation sites excluding steroid dienone is 5. The van der Waals surface area contributed by atoms with Crippen LogP contribution in [0.15, 0.2) is 71.7 Å². The molecule has 0 saturated carbocycles. The molecule has 4 N–H and O–H groups in total. The first kappa shape index (κ1) is 20.9. The number of phenolic OH excluding ortho intramolecular Hbond substituents is 1.